The number of para-hydroxylation sites is 1. The van der Waals surface area contributed by atoms with Gasteiger partial charge in [0, 0.05) is 6.42 Å². The number of hydrogen-bond donors (Lipinski definition) is 0. The first-order valence-electron chi connectivity index (χ1n) is 10.9. The molecule has 0 aliphatic heterocycles. The lowest BCUT2D eigenvalue weighted by molar-refractivity contribution is 0.374. The summed E-state index contributed by atoms with van der Waals surface area (Å²) in [7, 11) is 0. The van der Waals surface area contributed by atoms with Gasteiger partial charge in [-0.15, -0.1) is 10.2 Å². The first-order chi connectivity index (χ1) is 16.0. The van der Waals surface area contributed by atoms with Crippen LogP contribution in [0.5, 0.6) is 0 Å². The largest absolute Gasteiger partial charge is 0.338 e. The molecule has 3 heterocycles. The SMILES string of the molecule is CCCc1noc(C(C)Sc2nnc3n(-c4cc(C)ccc4C)c(=O)c4ccccc4n23)n1. The van der Waals surface area contributed by atoms with Crippen LogP contribution in [0.1, 0.15) is 48.4 Å². The fourth-order valence-electron chi connectivity index (χ4n) is 3.90. The normalized spacial score (nSPS) is 12.6. The Kier molecular flexibility index (Phi) is 5.49. The molecular formula is C24H24N6O2S. The van der Waals surface area contributed by atoms with Crippen molar-refractivity contribution in [3.8, 4) is 5.69 Å². The average Bonchev–Trinajstić information content (AvgIpc) is 3.44. The van der Waals surface area contributed by atoms with E-state index >= 15 is 0 Å². The van der Waals surface area contributed by atoms with Crippen LogP contribution in [0.4, 0.5) is 0 Å². The van der Waals surface area contributed by atoms with Gasteiger partial charge in [-0.3, -0.25) is 9.20 Å². The highest BCUT2D eigenvalue weighted by Crippen LogP contribution is 2.34. The van der Waals surface area contributed by atoms with E-state index in [9.17, 15) is 4.79 Å². The monoisotopic (exact) mass is 460 g/mol. The van der Waals surface area contributed by atoms with Gasteiger partial charge in [-0.05, 0) is 56.5 Å². The zero-order valence-electron chi connectivity index (χ0n) is 18.9. The molecule has 5 aromatic rings. The van der Waals surface area contributed by atoms with Crippen LogP contribution < -0.4 is 5.56 Å². The fraction of sp³-hybridized carbons (Fsp3) is 0.292. The minimum atomic E-state index is -0.129. The number of rotatable bonds is 6. The van der Waals surface area contributed by atoms with E-state index in [-0.39, 0.29) is 10.8 Å². The first kappa shape index (κ1) is 21.4. The zero-order chi connectivity index (χ0) is 23.1. The van der Waals surface area contributed by atoms with Crippen LogP contribution in [0.3, 0.4) is 0 Å². The van der Waals surface area contributed by atoms with Crippen molar-refractivity contribution in [3.63, 3.8) is 0 Å². The molecule has 0 bridgehead atoms. The van der Waals surface area contributed by atoms with Crippen LogP contribution in [0.2, 0.25) is 0 Å². The number of thioether (sulfide) groups is 1. The maximum Gasteiger partial charge on any atom is 0.267 e. The third-order valence-electron chi connectivity index (χ3n) is 5.59. The van der Waals surface area contributed by atoms with Gasteiger partial charge >= 0.3 is 0 Å². The van der Waals surface area contributed by atoms with Crippen LogP contribution in [0.15, 0.2) is 56.9 Å². The number of fused-ring (bicyclic) bond motifs is 3. The van der Waals surface area contributed by atoms with Gasteiger partial charge in [-0.1, -0.05) is 48.1 Å². The predicted molar refractivity (Wildman–Crippen MR) is 128 cm³/mol. The topological polar surface area (TPSA) is 91.1 Å². The highest BCUT2D eigenvalue weighted by Gasteiger charge is 2.23. The maximum absolute atomic E-state index is 13.6. The lowest BCUT2D eigenvalue weighted by Gasteiger charge is -2.14. The molecule has 0 spiro atoms. The molecule has 5 rings (SSSR count). The minimum Gasteiger partial charge on any atom is -0.338 e. The summed E-state index contributed by atoms with van der Waals surface area (Å²) in [4.78, 5) is 18.1. The Labute approximate surface area is 194 Å². The molecule has 1 unspecified atom stereocenters. The molecule has 0 amide bonds. The highest BCUT2D eigenvalue weighted by molar-refractivity contribution is 7.99. The van der Waals surface area contributed by atoms with Gasteiger partial charge in [0.05, 0.1) is 21.8 Å². The molecule has 0 aliphatic carbocycles. The molecule has 33 heavy (non-hydrogen) atoms. The number of aryl methyl sites for hydroxylation is 3. The highest BCUT2D eigenvalue weighted by atomic mass is 32.2. The fourth-order valence-corrected chi connectivity index (χ4v) is 4.78. The number of benzene rings is 2. The second-order valence-electron chi connectivity index (χ2n) is 8.12. The summed E-state index contributed by atoms with van der Waals surface area (Å²) >= 11 is 1.47. The number of aromatic nitrogens is 6. The molecule has 0 saturated carbocycles. The van der Waals surface area contributed by atoms with E-state index in [1.807, 2.05) is 67.6 Å². The average molecular weight is 461 g/mol. The zero-order valence-corrected chi connectivity index (χ0v) is 19.8. The van der Waals surface area contributed by atoms with E-state index in [0.29, 0.717) is 28.0 Å². The third kappa shape index (κ3) is 3.72. The molecule has 3 aromatic heterocycles. The maximum atomic E-state index is 13.6. The van der Waals surface area contributed by atoms with Gasteiger partial charge in [0.2, 0.25) is 11.7 Å². The third-order valence-corrected chi connectivity index (χ3v) is 6.62. The Bertz CT molecular complexity index is 1530. The van der Waals surface area contributed by atoms with Crippen molar-refractivity contribution in [2.45, 2.75) is 50.9 Å². The Balaban J connectivity index is 1.70. The van der Waals surface area contributed by atoms with Gasteiger partial charge in [-0.25, -0.2) is 4.57 Å². The van der Waals surface area contributed by atoms with E-state index in [2.05, 4.69) is 27.3 Å². The quantitative estimate of drug-likeness (QED) is 0.335. The Morgan fingerprint density at radius 1 is 1.12 bits per heavy atom. The van der Waals surface area contributed by atoms with Crippen LogP contribution in [0.25, 0.3) is 22.4 Å². The molecule has 1 atom stereocenters. The summed E-state index contributed by atoms with van der Waals surface area (Å²) in [6.07, 6.45) is 1.73. The van der Waals surface area contributed by atoms with Gasteiger partial charge in [0.25, 0.3) is 5.56 Å². The van der Waals surface area contributed by atoms with E-state index in [1.165, 1.54) is 11.8 Å². The van der Waals surface area contributed by atoms with Crippen molar-refractivity contribution in [1.82, 2.24) is 29.3 Å². The van der Waals surface area contributed by atoms with Crippen LogP contribution in [-0.4, -0.2) is 29.3 Å². The Morgan fingerprint density at radius 2 is 1.94 bits per heavy atom. The summed E-state index contributed by atoms with van der Waals surface area (Å²) in [5.41, 5.74) is 3.49. The van der Waals surface area contributed by atoms with Gasteiger partial charge in [-0.2, -0.15) is 4.98 Å². The molecule has 168 valence electrons. The van der Waals surface area contributed by atoms with Crippen molar-refractivity contribution in [1.29, 1.82) is 0 Å². The summed E-state index contributed by atoms with van der Waals surface area (Å²) in [5, 5.41) is 14.1. The lowest BCUT2D eigenvalue weighted by atomic mass is 10.1. The minimum absolute atomic E-state index is 0.120. The van der Waals surface area contributed by atoms with Crippen molar-refractivity contribution < 1.29 is 4.52 Å². The molecule has 8 nitrogen and oxygen atoms in total. The van der Waals surface area contributed by atoms with E-state index < -0.39 is 0 Å². The molecule has 2 aromatic carbocycles. The standard InChI is InChI=1S/C24H24N6O2S/c1-5-8-20-25-21(32-28-20)16(4)33-24-27-26-23-29(19-13-14(2)11-12-15(19)3)22(31)17-9-6-7-10-18(17)30(23)24/h6-7,9-13,16H,5,8H2,1-4H3. The first-order valence-corrected chi connectivity index (χ1v) is 11.8. The van der Waals surface area contributed by atoms with Crippen molar-refractivity contribution in [2.24, 2.45) is 0 Å². The van der Waals surface area contributed by atoms with E-state index in [4.69, 9.17) is 4.52 Å². The predicted octanol–water partition coefficient (Wildman–Crippen LogP) is 4.84. The van der Waals surface area contributed by atoms with Crippen LogP contribution in [0, 0.1) is 13.8 Å². The van der Waals surface area contributed by atoms with Crippen LogP contribution >= 0.6 is 11.8 Å². The van der Waals surface area contributed by atoms with E-state index in [1.54, 1.807) is 4.57 Å². The summed E-state index contributed by atoms with van der Waals surface area (Å²) in [6, 6.07) is 13.6. The summed E-state index contributed by atoms with van der Waals surface area (Å²) in [5.74, 6) is 1.73. The molecule has 0 N–H and O–H groups in total. The molecule has 0 aliphatic rings. The van der Waals surface area contributed by atoms with Crippen molar-refractivity contribution >= 4 is 28.4 Å². The second kappa shape index (κ2) is 8.47. The second-order valence-corrected chi connectivity index (χ2v) is 9.43. The Hall–Kier alpha value is -3.46. The Morgan fingerprint density at radius 3 is 2.76 bits per heavy atom. The molecule has 0 fully saturated rings. The van der Waals surface area contributed by atoms with Gasteiger partial charge in [0.15, 0.2) is 11.0 Å². The number of hydrogen-bond acceptors (Lipinski definition) is 7. The summed E-state index contributed by atoms with van der Waals surface area (Å²) < 4.78 is 9.06. The molecule has 9 heteroatoms. The molecular weight excluding hydrogens is 436 g/mol. The van der Waals surface area contributed by atoms with Crippen LogP contribution in [-0.2, 0) is 6.42 Å². The summed E-state index contributed by atoms with van der Waals surface area (Å²) in [6.45, 7) is 8.08. The van der Waals surface area contributed by atoms with E-state index in [0.717, 1.165) is 35.2 Å². The number of nitrogens with zero attached hydrogens (tertiary/aromatic N) is 6. The molecule has 0 saturated heterocycles. The molecule has 0 radical (unpaired) electrons. The van der Waals surface area contributed by atoms with Crippen molar-refractivity contribution in [2.75, 3.05) is 0 Å². The lowest BCUT2D eigenvalue weighted by Crippen LogP contribution is -2.22. The van der Waals surface area contributed by atoms with Crippen molar-refractivity contribution in [3.05, 3.63) is 75.7 Å². The smallest absolute Gasteiger partial charge is 0.267 e. The van der Waals surface area contributed by atoms with Gasteiger partial charge in [0.1, 0.15) is 0 Å². The van der Waals surface area contributed by atoms with Gasteiger partial charge < -0.3 is 4.52 Å².